The Hall–Kier alpha value is -3.13. The SMILES string of the molecule is C[C@H](NP(=O)(OC[C@@]1(CF)O[C@@H](c2ccc3c(N)ncnn23)[C@@H]2OC(C)(C)O[C@@H]21)Oc1ccccc1)C(=O)OCC(C)(C)C. The van der Waals surface area contributed by atoms with Crippen molar-refractivity contribution in [1.29, 1.82) is 0 Å². The highest BCUT2D eigenvalue weighted by Gasteiger charge is 2.64. The third-order valence-corrected chi connectivity index (χ3v) is 8.76. The summed E-state index contributed by atoms with van der Waals surface area (Å²) in [7, 11) is -4.35. The minimum atomic E-state index is -4.35. The van der Waals surface area contributed by atoms with E-state index in [1.165, 1.54) is 13.3 Å². The topological polar surface area (TPSA) is 158 Å². The van der Waals surface area contributed by atoms with Gasteiger partial charge in [0.15, 0.2) is 11.6 Å². The number of fused-ring (bicyclic) bond motifs is 2. The number of ether oxygens (including phenoxy) is 4. The van der Waals surface area contributed by atoms with E-state index < -0.39 is 62.7 Å². The minimum Gasteiger partial charge on any atom is -0.464 e. The molecule has 0 amide bonds. The lowest BCUT2D eigenvalue weighted by atomic mass is 9.96. The summed E-state index contributed by atoms with van der Waals surface area (Å²) in [4.78, 5) is 16.8. The number of nitrogens with one attached hydrogen (secondary N) is 1. The molecule has 3 N–H and O–H groups in total. The number of anilines is 1. The molecule has 2 aliphatic rings. The van der Waals surface area contributed by atoms with Crippen molar-refractivity contribution in [3.8, 4) is 5.75 Å². The van der Waals surface area contributed by atoms with E-state index in [0.29, 0.717) is 11.2 Å². The fourth-order valence-corrected chi connectivity index (χ4v) is 6.64. The van der Waals surface area contributed by atoms with Gasteiger partial charge in [0.2, 0.25) is 0 Å². The molecule has 2 fully saturated rings. The van der Waals surface area contributed by atoms with Crippen LogP contribution in [0.25, 0.3) is 5.52 Å². The lowest BCUT2D eigenvalue weighted by Crippen LogP contribution is -2.49. The van der Waals surface area contributed by atoms with E-state index in [0.717, 1.165) is 0 Å². The predicted molar refractivity (Wildman–Crippen MR) is 157 cm³/mol. The zero-order chi connectivity index (χ0) is 31.9. The molecule has 1 unspecified atom stereocenters. The van der Waals surface area contributed by atoms with Gasteiger partial charge in [0, 0.05) is 0 Å². The van der Waals surface area contributed by atoms with Crippen LogP contribution in [-0.4, -0.2) is 70.1 Å². The lowest BCUT2D eigenvalue weighted by molar-refractivity contribution is -0.219. The summed E-state index contributed by atoms with van der Waals surface area (Å²) in [5.74, 6) is -1.29. The molecule has 3 aromatic rings. The fourth-order valence-electron chi connectivity index (χ4n) is 5.09. The van der Waals surface area contributed by atoms with Crippen LogP contribution in [0.3, 0.4) is 0 Å². The van der Waals surface area contributed by atoms with E-state index in [4.69, 9.17) is 33.7 Å². The third kappa shape index (κ3) is 6.75. The highest BCUT2D eigenvalue weighted by Crippen LogP contribution is 2.53. The minimum absolute atomic E-state index is 0.143. The molecule has 0 radical (unpaired) electrons. The summed E-state index contributed by atoms with van der Waals surface area (Å²) in [5, 5.41) is 6.93. The molecule has 15 heteroatoms. The summed E-state index contributed by atoms with van der Waals surface area (Å²) in [5.41, 5.74) is 5.02. The summed E-state index contributed by atoms with van der Waals surface area (Å²) in [6.45, 7) is 9.11. The first-order chi connectivity index (χ1) is 20.6. The second kappa shape index (κ2) is 12.0. The van der Waals surface area contributed by atoms with Crippen LogP contribution in [0.5, 0.6) is 5.75 Å². The van der Waals surface area contributed by atoms with Gasteiger partial charge in [-0.05, 0) is 50.5 Å². The summed E-state index contributed by atoms with van der Waals surface area (Å²) in [6, 6.07) is 10.6. The van der Waals surface area contributed by atoms with Gasteiger partial charge in [-0.1, -0.05) is 39.0 Å². The van der Waals surface area contributed by atoms with Crippen molar-refractivity contribution in [3.05, 3.63) is 54.5 Å². The third-order valence-electron chi connectivity index (χ3n) is 7.14. The van der Waals surface area contributed by atoms with Crippen molar-refractivity contribution >= 4 is 25.1 Å². The fraction of sp³-hybridized carbons (Fsp3) is 0.552. The summed E-state index contributed by atoms with van der Waals surface area (Å²) in [6.07, 6.45) is -1.33. The average molecular weight is 636 g/mol. The maximum Gasteiger partial charge on any atom is 0.459 e. The van der Waals surface area contributed by atoms with Crippen molar-refractivity contribution in [2.24, 2.45) is 5.41 Å². The van der Waals surface area contributed by atoms with Crippen LogP contribution in [0.4, 0.5) is 10.2 Å². The molecule has 5 rings (SSSR count). The molecule has 0 spiro atoms. The number of hydrogen-bond donors (Lipinski definition) is 2. The number of esters is 1. The van der Waals surface area contributed by atoms with Crippen LogP contribution in [0.2, 0.25) is 0 Å². The molecule has 0 saturated carbocycles. The number of benzene rings is 1. The van der Waals surface area contributed by atoms with Crippen molar-refractivity contribution < 1.29 is 41.7 Å². The van der Waals surface area contributed by atoms with Crippen LogP contribution in [0.1, 0.15) is 53.3 Å². The zero-order valence-electron chi connectivity index (χ0n) is 25.6. The highest BCUT2D eigenvalue weighted by molar-refractivity contribution is 7.52. The Morgan fingerprint density at radius 3 is 2.59 bits per heavy atom. The number of para-hydroxylation sites is 1. The van der Waals surface area contributed by atoms with Crippen LogP contribution in [0.15, 0.2) is 48.8 Å². The molecule has 4 heterocycles. The number of rotatable bonds is 11. The first kappa shape index (κ1) is 32.3. The smallest absolute Gasteiger partial charge is 0.459 e. The van der Waals surface area contributed by atoms with Crippen molar-refractivity contribution in [2.45, 2.75) is 77.3 Å². The Morgan fingerprint density at radius 2 is 1.91 bits per heavy atom. The van der Waals surface area contributed by atoms with Gasteiger partial charge >= 0.3 is 13.7 Å². The van der Waals surface area contributed by atoms with Gasteiger partial charge in [-0.15, -0.1) is 0 Å². The molecule has 1 aromatic carbocycles. The maximum absolute atomic E-state index is 15.2. The van der Waals surface area contributed by atoms with Crippen LogP contribution < -0.4 is 15.3 Å². The van der Waals surface area contributed by atoms with Gasteiger partial charge in [0.25, 0.3) is 0 Å². The summed E-state index contributed by atoms with van der Waals surface area (Å²) >= 11 is 0. The second-order valence-corrected chi connectivity index (χ2v) is 14.3. The van der Waals surface area contributed by atoms with E-state index >= 15 is 4.39 Å². The number of nitrogen functional groups attached to an aromatic ring is 1. The second-order valence-electron chi connectivity index (χ2n) is 12.7. The Morgan fingerprint density at radius 1 is 1.18 bits per heavy atom. The monoisotopic (exact) mass is 635 g/mol. The van der Waals surface area contributed by atoms with Gasteiger partial charge in [-0.3, -0.25) is 9.32 Å². The number of aromatic nitrogens is 3. The molecule has 13 nitrogen and oxygen atoms in total. The number of carbonyl (C=O) groups excluding carboxylic acids is 1. The van der Waals surface area contributed by atoms with E-state index in [2.05, 4.69) is 15.2 Å². The molecule has 2 aliphatic heterocycles. The number of alkyl halides is 1. The Kier molecular flexibility index (Phi) is 8.80. The molecular weight excluding hydrogens is 596 g/mol. The van der Waals surface area contributed by atoms with Crippen LogP contribution >= 0.6 is 7.75 Å². The standard InChI is InChI=1S/C29H39FN5O8P/c1-18(26(36)38-15-27(2,3)4)34-44(37,43-19-10-8-7-9-11-19)39-16-29(14-30)24-23(40-28(5,6)42-24)22(41-29)20-12-13-21-25(31)32-17-33-35(20)21/h7-13,17-18,22-24H,14-16H2,1-6H3,(H,34,37)(H2,31,32,33)/t18-,22-,23-,24-,29+,44?/m0/s1. The molecule has 44 heavy (non-hydrogen) atoms. The molecule has 240 valence electrons. The number of nitrogens with two attached hydrogens (primary N) is 1. The van der Waals surface area contributed by atoms with Crippen molar-refractivity contribution in [1.82, 2.24) is 19.7 Å². The van der Waals surface area contributed by atoms with Crippen LogP contribution in [0, 0.1) is 5.41 Å². The van der Waals surface area contributed by atoms with E-state index in [-0.39, 0.29) is 23.6 Å². The van der Waals surface area contributed by atoms with Crippen LogP contribution in [-0.2, 0) is 32.8 Å². The van der Waals surface area contributed by atoms with Gasteiger partial charge in [0.1, 0.15) is 54.2 Å². The first-order valence-corrected chi connectivity index (χ1v) is 15.8. The Bertz CT molecular complexity index is 1530. The average Bonchev–Trinajstić information content (AvgIpc) is 3.61. The molecule has 0 aliphatic carbocycles. The Balaban J connectivity index is 1.43. The van der Waals surface area contributed by atoms with Gasteiger partial charge < -0.3 is 29.2 Å². The predicted octanol–water partition coefficient (Wildman–Crippen LogP) is 4.38. The van der Waals surface area contributed by atoms with Gasteiger partial charge in [-0.2, -0.15) is 10.2 Å². The van der Waals surface area contributed by atoms with Crippen molar-refractivity contribution in [3.63, 3.8) is 0 Å². The normalized spacial score (nSPS) is 26.7. The van der Waals surface area contributed by atoms with E-state index in [9.17, 15) is 9.36 Å². The lowest BCUT2D eigenvalue weighted by Gasteiger charge is -2.33. The number of nitrogens with zero attached hydrogens (tertiary/aromatic N) is 3. The molecule has 0 bridgehead atoms. The first-order valence-electron chi connectivity index (χ1n) is 14.3. The zero-order valence-corrected chi connectivity index (χ0v) is 26.5. The van der Waals surface area contributed by atoms with Gasteiger partial charge in [0.05, 0.1) is 18.9 Å². The largest absolute Gasteiger partial charge is 0.464 e. The quantitative estimate of drug-likeness (QED) is 0.227. The number of carbonyl (C=O) groups is 1. The summed E-state index contributed by atoms with van der Waals surface area (Å²) < 4.78 is 66.7. The number of halogens is 1. The van der Waals surface area contributed by atoms with Gasteiger partial charge in [-0.25, -0.2) is 18.5 Å². The number of hydrogen-bond acceptors (Lipinski definition) is 11. The molecule has 2 aromatic heterocycles. The highest BCUT2D eigenvalue weighted by atomic mass is 31.2. The molecule has 6 atom stereocenters. The Labute approximate surface area is 255 Å². The van der Waals surface area contributed by atoms with E-state index in [1.54, 1.807) is 60.8 Å². The van der Waals surface area contributed by atoms with E-state index in [1.807, 2.05) is 20.8 Å². The molecular formula is C29H39FN5O8P. The molecule has 2 saturated heterocycles. The maximum atomic E-state index is 15.2. The van der Waals surface area contributed by atoms with Crippen molar-refractivity contribution in [2.75, 3.05) is 25.6 Å².